The molecular weight excluding hydrogens is 162 g/mol. The maximum atomic E-state index is 8.40. The highest BCUT2D eigenvalue weighted by Crippen LogP contribution is 2.14. The van der Waals surface area contributed by atoms with Crippen LogP contribution in [0, 0.1) is 18.3 Å². The lowest BCUT2D eigenvalue weighted by atomic mass is 10.1. The van der Waals surface area contributed by atoms with E-state index in [0.717, 1.165) is 5.56 Å². The summed E-state index contributed by atoms with van der Waals surface area (Å²) in [5.41, 5.74) is 2.35. The van der Waals surface area contributed by atoms with Gasteiger partial charge in [0.05, 0.1) is 12.6 Å². The first kappa shape index (κ1) is 9.69. The number of nitrogens with zero attached hydrogens (tertiary/aromatic N) is 2. The van der Waals surface area contributed by atoms with Gasteiger partial charge in [0.25, 0.3) is 0 Å². The number of rotatable bonds is 3. The summed E-state index contributed by atoms with van der Waals surface area (Å²) in [6, 6.07) is 4.22. The van der Waals surface area contributed by atoms with Crippen LogP contribution in [-0.4, -0.2) is 11.5 Å². The second kappa shape index (κ2) is 4.58. The fourth-order valence-corrected chi connectivity index (χ4v) is 1.24. The maximum Gasteiger partial charge on any atom is 0.0845 e. The molecule has 0 aromatic carbocycles. The normalized spacial score (nSPS) is 12.1. The van der Waals surface area contributed by atoms with Crippen LogP contribution in [0.15, 0.2) is 18.5 Å². The molecular formula is C10H13N3. The van der Waals surface area contributed by atoms with Crippen LogP contribution in [-0.2, 0) is 0 Å². The summed E-state index contributed by atoms with van der Waals surface area (Å²) >= 11 is 0. The van der Waals surface area contributed by atoms with Crippen LogP contribution in [0.4, 0.5) is 0 Å². The third-order valence-electron chi connectivity index (χ3n) is 2.03. The van der Waals surface area contributed by atoms with Gasteiger partial charge >= 0.3 is 0 Å². The van der Waals surface area contributed by atoms with Gasteiger partial charge in [-0.3, -0.25) is 10.3 Å². The molecule has 0 aliphatic rings. The van der Waals surface area contributed by atoms with Crippen molar-refractivity contribution in [2.24, 2.45) is 0 Å². The number of pyridine rings is 1. The Morgan fingerprint density at radius 2 is 2.46 bits per heavy atom. The molecule has 1 rings (SSSR count). The van der Waals surface area contributed by atoms with Gasteiger partial charge in [0.1, 0.15) is 0 Å². The van der Waals surface area contributed by atoms with E-state index in [1.165, 1.54) is 5.56 Å². The molecule has 0 fully saturated rings. The van der Waals surface area contributed by atoms with Crippen LogP contribution in [0.25, 0.3) is 0 Å². The Morgan fingerprint density at radius 1 is 1.69 bits per heavy atom. The number of nitriles is 1. The molecule has 1 N–H and O–H groups in total. The Bertz CT molecular complexity index is 314. The Hall–Kier alpha value is -1.40. The average Bonchev–Trinajstić information content (AvgIpc) is 2.15. The number of hydrogen-bond donors (Lipinski definition) is 1. The van der Waals surface area contributed by atoms with Crippen LogP contribution in [0.5, 0.6) is 0 Å². The minimum Gasteiger partial charge on any atom is -0.298 e. The number of aryl methyl sites for hydroxylation is 1. The van der Waals surface area contributed by atoms with Gasteiger partial charge in [0.2, 0.25) is 0 Å². The molecule has 0 aliphatic carbocycles. The van der Waals surface area contributed by atoms with Crippen LogP contribution in [0.2, 0.25) is 0 Å². The van der Waals surface area contributed by atoms with Crippen molar-refractivity contribution < 1.29 is 0 Å². The van der Waals surface area contributed by atoms with Gasteiger partial charge in [-0.1, -0.05) is 0 Å². The minimum atomic E-state index is 0.188. The lowest BCUT2D eigenvalue weighted by molar-refractivity contribution is 0.615. The van der Waals surface area contributed by atoms with Crippen molar-refractivity contribution in [2.45, 2.75) is 19.9 Å². The first-order valence-electron chi connectivity index (χ1n) is 4.26. The van der Waals surface area contributed by atoms with E-state index in [2.05, 4.69) is 16.4 Å². The molecule has 0 bridgehead atoms. The van der Waals surface area contributed by atoms with Crippen molar-refractivity contribution in [3.63, 3.8) is 0 Å². The van der Waals surface area contributed by atoms with Crippen LogP contribution >= 0.6 is 0 Å². The number of aromatic nitrogens is 1. The fourth-order valence-electron chi connectivity index (χ4n) is 1.24. The van der Waals surface area contributed by atoms with Crippen LogP contribution in [0.1, 0.15) is 24.1 Å². The Balaban J connectivity index is 2.72. The monoisotopic (exact) mass is 175 g/mol. The Kier molecular flexibility index (Phi) is 3.41. The van der Waals surface area contributed by atoms with E-state index in [0.29, 0.717) is 6.54 Å². The molecule has 13 heavy (non-hydrogen) atoms. The smallest absolute Gasteiger partial charge is 0.0845 e. The van der Waals surface area contributed by atoms with E-state index >= 15 is 0 Å². The topological polar surface area (TPSA) is 48.7 Å². The van der Waals surface area contributed by atoms with Gasteiger partial charge in [0.15, 0.2) is 0 Å². The summed E-state index contributed by atoms with van der Waals surface area (Å²) in [7, 11) is 0. The quantitative estimate of drug-likeness (QED) is 0.709. The van der Waals surface area contributed by atoms with E-state index in [1.54, 1.807) is 6.20 Å². The summed E-state index contributed by atoms with van der Waals surface area (Å²) in [5, 5.41) is 11.5. The molecule has 0 saturated heterocycles. The fraction of sp³-hybridized carbons (Fsp3) is 0.400. The molecule has 1 unspecified atom stereocenters. The van der Waals surface area contributed by atoms with Crippen molar-refractivity contribution in [1.82, 2.24) is 10.3 Å². The summed E-state index contributed by atoms with van der Waals surface area (Å²) in [4.78, 5) is 4.05. The van der Waals surface area contributed by atoms with E-state index in [4.69, 9.17) is 5.26 Å². The predicted molar refractivity (Wildman–Crippen MR) is 51.0 cm³/mol. The molecule has 0 saturated carbocycles. The molecule has 1 aromatic heterocycles. The molecule has 3 nitrogen and oxygen atoms in total. The van der Waals surface area contributed by atoms with Crippen molar-refractivity contribution in [3.05, 3.63) is 29.6 Å². The molecule has 0 amide bonds. The predicted octanol–water partition coefficient (Wildman–Crippen LogP) is 1.56. The van der Waals surface area contributed by atoms with Crippen molar-refractivity contribution in [1.29, 1.82) is 5.26 Å². The second-order valence-corrected chi connectivity index (χ2v) is 2.99. The molecule has 0 radical (unpaired) electrons. The molecule has 1 heterocycles. The minimum absolute atomic E-state index is 0.188. The van der Waals surface area contributed by atoms with Crippen LogP contribution in [0.3, 0.4) is 0 Å². The number of nitrogens with one attached hydrogen (secondary N) is 1. The highest BCUT2D eigenvalue weighted by Gasteiger charge is 2.06. The third kappa shape index (κ3) is 2.53. The van der Waals surface area contributed by atoms with Crippen molar-refractivity contribution in [2.75, 3.05) is 6.54 Å². The second-order valence-electron chi connectivity index (χ2n) is 2.99. The van der Waals surface area contributed by atoms with E-state index in [1.807, 2.05) is 26.1 Å². The molecule has 1 aromatic rings. The van der Waals surface area contributed by atoms with Crippen molar-refractivity contribution >= 4 is 0 Å². The summed E-state index contributed by atoms with van der Waals surface area (Å²) < 4.78 is 0. The highest BCUT2D eigenvalue weighted by atomic mass is 14.9. The average molecular weight is 175 g/mol. The summed E-state index contributed by atoms with van der Waals surface area (Å²) in [6.07, 6.45) is 3.61. The zero-order valence-corrected chi connectivity index (χ0v) is 7.91. The number of hydrogen-bond acceptors (Lipinski definition) is 3. The molecule has 1 atom stereocenters. The van der Waals surface area contributed by atoms with E-state index in [-0.39, 0.29) is 6.04 Å². The van der Waals surface area contributed by atoms with Crippen LogP contribution < -0.4 is 5.32 Å². The zero-order valence-electron chi connectivity index (χ0n) is 7.91. The largest absolute Gasteiger partial charge is 0.298 e. The van der Waals surface area contributed by atoms with Gasteiger partial charge in [-0.2, -0.15) is 5.26 Å². The van der Waals surface area contributed by atoms with Gasteiger partial charge in [-0.15, -0.1) is 0 Å². The SMILES string of the molecule is Cc1ccncc1C(C)NCC#N. The summed E-state index contributed by atoms with van der Waals surface area (Å²) in [6.45, 7) is 4.44. The third-order valence-corrected chi connectivity index (χ3v) is 2.03. The molecule has 0 spiro atoms. The van der Waals surface area contributed by atoms with Gasteiger partial charge in [-0.25, -0.2) is 0 Å². The molecule has 0 aliphatic heterocycles. The van der Waals surface area contributed by atoms with Gasteiger partial charge in [-0.05, 0) is 31.0 Å². The zero-order chi connectivity index (χ0) is 9.68. The first-order chi connectivity index (χ1) is 6.25. The van der Waals surface area contributed by atoms with E-state index in [9.17, 15) is 0 Å². The standard InChI is InChI=1S/C10H13N3/c1-8-3-5-12-7-10(8)9(2)13-6-4-11/h3,5,7,9,13H,6H2,1-2H3. The Labute approximate surface area is 78.4 Å². The lowest BCUT2D eigenvalue weighted by Crippen LogP contribution is -2.19. The van der Waals surface area contributed by atoms with E-state index < -0.39 is 0 Å². The summed E-state index contributed by atoms with van der Waals surface area (Å²) in [5.74, 6) is 0. The maximum absolute atomic E-state index is 8.40. The van der Waals surface area contributed by atoms with Gasteiger partial charge in [0, 0.05) is 18.4 Å². The highest BCUT2D eigenvalue weighted by molar-refractivity contribution is 5.24. The van der Waals surface area contributed by atoms with Gasteiger partial charge < -0.3 is 0 Å². The molecule has 3 heteroatoms. The Morgan fingerprint density at radius 3 is 3.08 bits per heavy atom. The molecule has 68 valence electrons. The first-order valence-corrected chi connectivity index (χ1v) is 4.26. The lowest BCUT2D eigenvalue weighted by Gasteiger charge is -2.13. The van der Waals surface area contributed by atoms with Crippen molar-refractivity contribution in [3.8, 4) is 6.07 Å².